The van der Waals surface area contributed by atoms with Crippen molar-refractivity contribution in [1.82, 2.24) is 19.3 Å². The fraction of sp³-hybridized carbons (Fsp3) is 0.167. The highest BCUT2D eigenvalue weighted by molar-refractivity contribution is 7.03. The monoisotopic (exact) mass is 166 g/mol. The van der Waals surface area contributed by atoms with Crippen LogP contribution in [0.3, 0.4) is 0 Å². The summed E-state index contributed by atoms with van der Waals surface area (Å²) in [6, 6.07) is 0. The van der Waals surface area contributed by atoms with E-state index in [1.165, 1.54) is 11.5 Å². The second kappa shape index (κ2) is 2.79. The molecule has 56 valence electrons. The number of hydrogen-bond donors (Lipinski definition) is 1. The van der Waals surface area contributed by atoms with Crippen molar-refractivity contribution in [3.8, 4) is 0 Å². The van der Waals surface area contributed by atoms with E-state index in [0.29, 0.717) is 6.42 Å². The van der Waals surface area contributed by atoms with Crippen molar-refractivity contribution in [2.75, 3.05) is 0 Å². The van der Waals surface area contributed by atoms with E-state index < -0.39 is 0 Å². The summed E-state index contributed by atoms with van der Waals surface area (Å²) in [5.41, 5.74) is 1.72. The summed E-state index contributed by atoms with van der Waals surface area (Å²) >= 11 is 1.36. The summed E-state index contributed by atoms with van der Waals surface area (Å²) in [6.45, 7) is 0. The molecule has 0 aliphatic rings. The Morgan fingerprint density at radius 1 is 1.45 bits per heavy atom. The molecule has 0 atom stereocenters. The molecule has 2 rings (SSSR count). The van der Waals surface area contributed by atoms with Crippen LogP contribution in [0.5, 0.6) is 0 Å². The summed E-state index contributed by atoms with van der Waals surface area (Å²) in [5, 5.41) is 0. The lowest BCUT2D eigenvalue weighted by molar-refractivity contribution is 0.952. The van der Waals surface area contributed by atoms with Gasteiger partial charge in [-0.05, 0) is 11.5 Å². The third kappa shape index (κ3) is 1.43. The zero-order chi connectivity index (χ0) is 7.52. The van der Waals surface area contributed by atoms with Crippen LogP contribution in [0.4, 0.5) is 0 Å². The van der Waals surface area contributed by atoms with Gasteiger partial charge in [-0.1, -0.05) is 0 Å². The minimum absolute atomic E-state index is 0.691. The first kappa shape index (κ1) is 6.48. The van der Waals surface area contributed by atoms with Crippen LogP contribution in [0.15, 0.2) is 17.9 Å². The van der Waals surface area contributed by atoms with Gasteiger partial charge >= 0.3 is 0 Å². The molecule has 0 saturated carbocycles. The van der Waals surface area contributed by atoms with Crippen molar-refractivity contribution in [3.05, 3.63) is 29.6 Å². The van der Waals surface area contributed by atoms with Crippen LogP contribution >= 0.6 is 11.5 Å². The highest BCUT2D eigenvalue weighted by Gasteiger charge is 1.99. The molecule has 0 unspecified atom stereocenters. The molecule has 0 aliphatic carbocycles. The molecule has 0 aromatic carbocycles. The van der Waals surface area contributed by atoms with E-state index in [2.05, 4.69) is 19.3 Å². The van der Waals surface area contributed by atoms with Gasteiger partial charge in [-0.25, -0.2) is 9.97 Å². The first-order valence-electron chi connectivity index (χ1n) is 3.18. The van der Waals surface area contributed by atoms with Crippen LogP contribution in [0.1, 0.15) is 11.6 Å². The molecule has 2 aromatic heterocycles. The molecule has 2 aromatic rings. The number of aromatic amines is 1. The van der Waals surface area contributed by atoms with Gasteiger partial charge in [-0.3, -0.25) is 0 Å². The van der Waals surface area contributed by atoms with Gasteiger partial charge in [0, 0.05) is 12.4 Å². The minimum Gasteiger partial charge on any atom is -0.348 e. The van der Waals surface area contributed by atoms with Crippen molar-refractivity contribution in [2.45, 2.75) is 6.42 Å². The first-order valence-corrected chi connectivity index (χ1v) is 4.02. The van der Waals surface area contributed by atoms with Crippen LogP contribution in [0, 0.1) is 0 Å². The predicted octanol–water partition coefficient (Wildman–Crippen LogP) is 0.852. The first-order chi connectivity index (χ1) is 5.45. The molecule has 0 aliphatic heterocycles. The largest absolute Gasteiger partial charge is 0.348 e. The highest BCUT2D eigenvalue weighted by atomic mass is 32.1. The normalized spacial score (nSPS) is 10.2. The Morgan fingerprint density at radius 2 is 2.45 bits per heavy atom. The van der Waals surface area contributed by atoms with E-state index in [1.54, 1.807) is 17.9 Å². The maximum Gasteiger partial charge on any atom is 0.149 e. The van der Waals surface area contributed by atoms with Gasteiger partial charge in [0.25, 0.3) is 0 Å². The van der Waals surface area contributed by atoms with Gasteiger partial charge < -0.3 is 4.98 Å². The molecule has 0 amide bonds. The van der Waals surface area contributed by atoms with E-state index in [1.807, 2.05) is 0 Å². The maximum atomic E-state index is 4.06. The summed E-state index contributed by atoms with van der Waals surface area (Å²) in [5.74, 6) is 1.73. The molecular weight excluding hydrogens is 160 g/mol. The lowest BCUT2D eigenvalue weighted by Gasteiger charge is -1.87. The lowest BCUT2D eigenvalue weighted by Crippen LogP contribution is -1.91. The third-order valence-corrected chi connectivity index (χ3v) is 1.80. The molecule has 0 fully saturated rings. The van der Waals surface area contributed by atoms with E-state index >= 15 is 0 Å². The number of rotatable bonds is 2. The SMILES string of the molecule is c1c[nH]c(Cc2ncsn2)n1. The number of aromatic nitrogens is 4. The van der Waals surface area contributed by atoms with Gasteiger partial charge in [-0.2, -0.15) is 4.37 Å². The fourth-order valence-corrected chi connectivity index (χ4v) is 1.26. The second-order valence-corrected chi connectivity index (χ2v) is 2.66. The van der Waals surface area contributed by atoms with Crippen LogP contribution in [-0.2, 0) is 6.42 Å². The Labute approximate surface area is 67.5 Å². The van der Waals surface area contributed by atoms with Crippen LogP contribution in [-0.4, -0.2) is 19.3 Å². The Morgan fingerprint density at radius 3 is 3.09 bits per heavy atom. The Hall–Kier alpha value is -1.23. The number of imidazole rings is 1. The van der Waals surface area contributed by atoms with Crippen molar-refractivity contribution in [3.63, 3.8) is 0 Å². The molecular formula is C6H6N4S. The van der Waals surface area contributed by atoms with Gasteiger partial charge in [0.1, 0.15) is 17.2 Å². The zero-order valence-corrected chi connectivity index (χ0v) is 6.51. The van der Waals surface area contributed by atoms with Crippen LogP contribution in [0.25, 0.3) is 0 Å². The minimum atomic E-state index is 0.691. The summed E-state index contributed by atoms with van der Waals surface area (Å²) in [6.07, 6.45) is 4.21. The molecule has 0 saturated heterocycles. The Kier molecular flexibility index (Phi) is 1.64. The molecule has 0 bridgehead atoms. The smallest absolute Gasteiger partial charge is 0.149 e. The van der Waals surface area contributed by atoms with E-state index in [9.17, 15) is 0 Å². The standard InChI is InChI=1S/C6H6N4S/c1-2-8-5(7-1)3-6-9-4-11-10-6/h1-2,4H,3H2,(H,7,8). The van der Waals surface area contributed by atoms with Crippen LogP contribution in [0.2, 0.25) is 0 Å². The fourth-order valence-electron chi connectivity index (χ4n) is 0.815. The van der Waals surface area contributed by atoms with Crippen molar-refractivity contribution in [2.24, 2.45) is 0 Å². The van der Waals surface area contributed by atoms with E-state index in [-0.39, 0.29) is 0 Å². The molecule has 0 spiro atoms. The zero-order valence-electron chi connectivity index (χ0n) is 5.69. The van der Waals surface area contributed by atoms with E-state index in [4.69, 9.17) is 0 Å². The number of nitrogens with zero attached hydrogens (tertiary/aromatic N) is 3. The van der Waals surface area contributed by atoms with Crippen molar-refractivity contribution >= 4 is 11.5 Å². The number of nitrogens with one attached hydrogen (secondary N) is 1. The molecule has 11 heavy (non-hydrogen) atoms. The number of hydrogen-bond acceptors (Lipinski definition) is 4. The molecule has 5 heteroatoms. The average molecular weight is 166 g/mol. The predicted molar refractivity (Wildman–Crippen MR) is 41.3 cm³/mol. The lowest BCUT2D eigenvalue weighted by atomic mass is 10.4. The van der Waals surface area contributed by atoms with Crippen molar-refractivity contribution in [1.29, 1.82) is 0 Å². The Balaban J connectivity index is 2.14. The average Bonchev–Trinajstić information content (AvgIpc) is 2.60. The summed E-state index contributed by atoms with van der Waals surface area (Å²) in [4.78, 5) is 11.1. The van der Waals surface area contributed by atoms with Crippen molar-refractivity contribution < 1.29 is 0 Å². The topological polar surface area (TPSA) is 54.5 Å². The number of H-pyrrole nitrogens is 1. The molecule has 2 heterocycles. The van der Waals surface area contributed by atoms with Gasteiger partial charge in [0.15, 0.2) is 0 Å². The molecule has 4 nitrogen and oxygen atoms in total. The van der Waals surface area contributed by atoms with Gasteiger partial charge in [0.2, 0.25) is 0 Å². The molecule has 1 N–H and O–H groups in total. The third-order valence-electron chi connectivity index (χ3n) is 1.29. The summed E-state index contributed by atoms with van der Waals surface area (Å²) < 4.78 is 4.06. The van der Waals surface area contributed by atoms with E-state index in [0.717, 1.165) is 11.6 Å². The van der Waals surface area contributed by atoms with Crippen LogP contribution < -0.4 is 0 Å². The molecule has 0 radical (unpaired) electrons. The quantitative estimate of drug-likeness (QED) is 0.719. The van der Waals surface area contributed by atoms with Gasteiger partial charge in [0.05, 0.1) is 6.42 Å². The Bertz CT molecular complexity index is 267. The second-order valence-electron chi connectivity index (χ2n) is 2.06. The van der Waals surface area contributed by atoms with Gasteiger partial charge in [-0.15, -0.1) is 0 Å². The maximum absolute atomic E-state index is 4.06. The summed E-state index contributed by atoms with van der Waals surface area (Å²) in [7, 11) is 0. The highest BCUT2D eigenvalue weighted by Crippen LogP contribution is 2.00.